The summed E-state index contributed by atoms with van der Waals surface area (Å²) in [6, 6.07) is 0. The van der Waals surface area contributed by atoms with E-state index < -0.39 is 25.0 Å². The van der Waals surface area contributed by atoms with E-state index in [1.54, 1.807) is 4.90 Å². The van der Waals surface area contributed by atoms with E-state index in [1.807, 2.05) is 14.1 Å². The zero-order valence-corrected chi connectivity index (χ0v) is 32.3. The Kier molecular flexibility index (Phi) is 12.3. The van der Waals surface area contributed by atoms with Crippen molar-refractivity contribution in [3.63, 3.8) is 0 Å². The van der Waals surface area contributed by atoms with Gasteiger partial charge in [0, 0.05) is 57.3 Å². The molecule has 2 fully saturated rings. The van der Waals surface area contributed by atoms with Crippen LogP contribution < -0.4 is 4.90 Å². The fraction of sp³-hybridized carbons (Fsp3) is 0.806. The molecule has 3 rings (SSSR count). The molecule has 0 amide bonds. The lowest BCUT2D eigenvalue weighted by atomic mass is 9.85. The van der Waals surface area contributed by atoms with E-state index in [0.717, 1.165) is 0 Å². The Bertz CT molecular complexity index is 1120. The number of carbonyl (C=O) groups is 2. The van der Waals surface area contributed by atoms with E-state index in [-0.39, 0.29) is 72.9 Å². The standard InChI is InChI=1S/C31H57N3O7Si3/c1-20(21(2)39-42(5,6)7)28-27(38-28)16-26-30(41-44(11,12)13)29(40-43(8,9)10)22(19-37-26)14-24(35)15-25(36)23-17-32-31(33-18-23)34(3)4/h17-18,20-22,26-30H,14-16,19H2,1-13H3/t20-,21+,22+,26+,27+,28+,29-,30-/m1/s1. The van der Waals surface area contributed by atoms with Crippen LogP contribution in [0.15, 0.2) is 12.4 Å². The van der Waals surface area contributed by atoms with Crippen molar-refractivity contribution in [2.24, 2.45) is 11.8 Å². The van der Waals surface area contributed by atoms with Crippen LogP contribution in [0.3, 0.4) is 0 Å². The van der Waals surface area contributed by atoms with Crippen molar-refractivity contribution in [1.29, 1.82) is 0 Å². The van der Waals surface area contributed by atoms with Gasteiger partial charge in [-0.15, -0.1) is 0 Å². The molecule has 2 aliphatic heterocycles. The first-order chi connectivity index (χ1) is 20.1. The van der Waals surface area contributed by atoms with Crippen molar-refractivity contribution in [3.8, 4) is 0 Å². The zero-order chi connectivity index (χ0) is 33.2. The molecule has 0 saturated carbocycles. The topological polar surface area (TPSA) is 113 Å². The maximum absolute atomic E-state index is 13.3. The number of Topliss-reactive ketones (excluding diaryl/α,β-unsaturated/α-hetero) is 2. The molecule has 3 heterocycles. The Morgan fingerprint density at radius 1 is 0.909 bits per heavy atom. The maximum atomic E-state index is 13.3. The molecular weight excluding hydrogens is 611 g/mol. The van der Waals surface area contributed by atoms with Crippen LogP contribution in [0.2, 0.25) is 58.9 Å². The highest BCUT2D eigenvalue weighted by Crippen LogP contribution is 2.40. The van der Waals surface area contributed by atoms with Gasteiger partial charge in [0.25, 0.3) is 0 Å². The summed E-state index contributed by atoms with van der Waals surface area (Å²) < 4.78 is 32.7. The summed E-state index contributed by atoms with van der Waals surface area (Å²) in [5.41, 5.74) is 0.330. The third kappa shape index (κ3) is 11.5. The first-order valence-corrected chi connectivity index (χ1v) is 26.2. The smallest absolute Gasteiger partial charge is 0.224 e. The third-order valence-electron chi connectivity index (χ3n) is 7.75. The molecule has 1 aromatic rings. The second-order valence-corrected chi connectivity index (χ2v) is 29.1. The lowest BCUT2D eigenvalue weighted by Gasteiger charge is -2.47. The molecule has 2 aliphatic rings. The minimum absolute atomic E-state index is 0.0693. The minimum atomic E-state index is -2.04. The summed E-state index contributed by atoms with van der Waals surface area (Å²) in [7, 11) is -2.07. The van der Waals surface area contributed by atoms with E-state index in [1.165, 1.54) is 12.4 Å². The predicted molar refractivity (Wildman–Crippen MR) is 181 cm³/mol. The van der Waals surface area contributed by atoms with Crippen LogP contribution in [-0.4, -0.2) is 104 Å². The van der Waals surface area contributed by atoms with Gasteiger partial charge in [-0.3, -0.25) is 9.59 Å². The quantitative estimate of drug-likeness (QED) is 0.0961. The van der Waals surface area contributed by atoms with Gasteiger partial charge in [0.1, 0.15) is 5.78 Å². The molecule has 0 aliphatic carbocycles. The number of hydrogen-bond acceptors (Lipinski definition) is 10. The average molecular weight is 668 g/mol. The Labute approximate surface area is 268 Å². The Hall–Kier alpha value is -1.33. The molecule has 13 heteroatoms. The van der Waals surface area contributed by atoms with Crippen LogP contribution in [-0.2, 0) is 27.5 Å². The summed E-state index contributed by atoms with van der Waals surface area (Å²) in [5.74, 6) is 0.129. The van der Waals surface area contributed by atoms with Gasteiger partial charge in [-0.25, -0.2) is 9.97 Å². The minimum Gasteiger partial charge on any atom is -0.415 e. The summed E-state index contributed by atoms with van der Waals surface area (Å²) in [6.45, 7) is 24.3. The lowest BCUT2D eigenvalue weighted by Crippen LogP contribution is -2.58. The van der Waals surface area contributed by atoms with E-state index in [0.29, 0.717) is 24.5 Å². The second-order valence-electron chi connectivity index (χ2n) is 15.7. The molecule has 1 aromatic heterocycles. The van der Waals surface area contributed by atoms with E-state index in [4.69, 9.17) is 22.8 Å². The largest absolute Gasteiger partial charge is 0.415 e. The van der Waals surface area contributed by atoms with Crippen LogP contribution >= 0.6 is 0 Å². The van der Waals surface area contributed by atoms with Crippen molar-refractivity contribution < 1.29 is 32.3 Å². The average Bonchev–Trinajstić information content (AvgIpc) is 3.63. The van der Waals surface area contributed by atoms with Gasteiger partial charge in [0.2, 0.25) is 5.95 Å². The van der Waals surface area contributed by atoms with Crippen LogP contribution in [0.4, 0.5) is 5.95 Å². The van der Waals surface area contributed by atoms with Gasteiger partial charge in [-0.05, 0) is 65.8 Å². The van der Waals surface area contributed by atoms with E-state index in [2.05, 4.69) is 82.7 Å². The van der Waals surface area contributed by atoms with Crippen LogP contribution in [0.25, 0.3) is 0 Å². The molecule has 0 bridgehead atoms. The molecule has 0 N–H and O–H groups in total. The van der Waals surface area contributed by atoms with Crippen molar-refractivity contribution in [3.05, 3.63) is 18.0 Å². The van der Waals surface area contributed by atoms with Crippen LogP contribution in [0, 0.1) is 11.8 Å². The highest BCUT2D eigenvalue weighted by Gasteiger charge is 2.52. The first kappa shape index (κ1) is 37.1. The van der Waals surface area contributed by atoms with Crippen molar-refractivity contribution in [2.75, 3.05) is 25.6 Å². The summed E-state index contributed by atoms with van der Waals surface area (Å²) >= 11 is 0. The Morgan fingerprint density at radius 2 is 1.48 bits per heavy atom. The number of epoxide rings is 1. The predicted octanol–water partition coefficient (Wildman–Crippen LogP) is 5.56. The molecule has 0 spiro atoms. The number of ether oxygens (including phenoxy) is 2. The normalized spacial score (nSPS) is 27.5. The van der Waals surface area contributed by atoms with Crippen molar-refractivity contribution in [2.45, 2.75) is 129 Å². The maximum Gasteiger partial charge on any atom is 0.224 e. The molecule has 44 heavy (non-hydrogen) atoms. The highest BCUT2D eigenvalue weighted by molar-refractivity contribution is 6.70. The molecule has 0 aromatic carbocycles. The summed E-state index contributed by atoms with van der Waals surface area (Å²) in [6.07, 6.45) is 3.11. The van der Waals surface area contributed by atoms with Gasteiger partial charge < -0.3 is 27.7 Å². The monoisotopic (exact) mass is 667 g/mol. The SMILES string of the molecule is C[C@@H]([C@@H]1O[C@H]1C[C@@H]1OC[C@H](CC(=O)CC(=O)c2cnc(N(C)C)nc2)[C@@H](O[Si](C)(C)C)[C@@H]1O[Si](C)(C)C)[C@H](C)O[Si](C)(C)C. The van der Waals surface area contributed by atoms with Crippen molar-refractivity contribution >= 4 is 42.5 Å². The lowest BCUT2D eigenvalue weighted by molar-refractivity contribution is -0.158. The fourth-order valence-electron chi connectivity index (χ4n) is 5.73. The summed E-state index contributed by atoms with van der Waals surface area (Å²) in [4.78, 5) is 36.4. The van der Waals surface area contributed by atoms with Gasteiger partial charge in [0.15, 0.2) is 30.7 Å². The number of ketones is 2. The zero-order valence-electron chi connectivity index (χ0n) is 29.3. The number of nitrogens with zero attached hydrogens (tertiary/aromatic N) is 3. The van der Waals surface area contributed by atoms with Crippen LogP contribution in [0.1, 0.15) is 43.5 Å². The molecule has 10 nitrogen and oxygen atoms in total. The van der Waals surface area contributed by atoms with E-state index >= 15 is 0 Å². The van der Waals surface area contributed by atoms with Crippen molar-refractivity contribution in [1.82, 2.24) is 9.97 Å². The number of rotatable bonds is 16. The van der Waals surface area contributed by atoms with Gasteiger partial charge >= 0.3 is 0 Å². The first-order valence-electron chi connectivity index (χ1n) is 16.0. The Balaban J connectivity index is 1.73. The number of carbonyl (C=O) groups excluding carboxylic acids is 2. The second kappa shape index (κ2) is 14.6. The molecule has 2 saturated heterocycles. The van der Waals surface area contributed by atoms with Crippen LogP contribution in [0.5, 0.6) is 0 Å². The summed E-state index contributed by atoms with van der Waals surface area (Å²) in [5, 5.41) is 0. The molecule has 250 valence electrons. The number of aromatic nitrogens is 2. The van der Waals surface area contributed by atoms with E-state index in [9.17, 15) is 9.59 Å². The molecule has 0 radical (unpaired) electrons. The molecular formula is C31H57N3O7Si3. The molecule has 0 unspecified atom stereocenters. The fourth-order valence-corrected chi connectivity index (χ4v) is 9.30. The molecule has 8 atom stereocenters. The van der Waals surface area contributed by atoms with Gasteiger partial charge in [0.05, 0.1) is 49.1 Å². The van der Waals surface area contributed by atoms with Gasteiger partial charge in [-0.1, -0.05) is 6.92 Å². The van der Waals surface area contributed by atoms with Gasteiger partial charge in [-0.2, -0.15) is 0 Å². The third-order valence-corrected chi connectivity index (χ3v) is 10.8. The highest BCUT2D eigenvalue weighted by atomic mass is 28.4. The Morgan fingerprint density at radius 3 is 2.00 bits per heavy atom. The number of anilines is 1. The number of hydrogen-bond donors (Lipinski definition) is 0.